The molecule has 8 heteroatoms. The zero-order valence-corrected chi connectivity index (χ0v) is 18.1. The topological polar surface area (TPSA) is 114 Å². The lowest BCUT2D eigenvalue weighted by atomic mass is 10.00. The normalized spacial score (nSPS) is 12.7. The molecule has 0 aliphatic heterocycles. The molecule has 166 valence electrons. The molecule has 1 unspecified atom stereocenters. The van der Waals surface area contributed by atoms with Crippen LogP contribution in [0.5, 0.6) is 0 Å². The van der Waals surface area contributed by atoms with E-state index in [4.69, 9.17) is 4.74 Å². The molecule has 0 spiro atoms. The molecule has 0 saturated heterocycles. The number of rotatable bonds is 12. The molecule has 0 fully saturated rings. The summed E-state index contributed by atoms with van der Waals surface area (Å²) in [5.41, 5.74) is 0.835. The fraction of sp³-hybridized carbons (Fsp3) is 0.545. The number of carbonyl (C=O) groups is 4. The predicted octanol–water partition coefficient (Wildman–Crippen LogP) is 2.17. The fourth-order valence-electron chi connectivity index (χ4n) is 2.85. The van der Waals surface area contributed by atoms with Crippen LogP contribution in [0.1, 0.15) is 46.1 Å². The number of ether oxygens (including phenoxy) is 1. The van der Waals surface area contributed by atoms with Crippen molar-refractivity contribution in [1.29, 1.82) is 0 Å². The van der Waals surface area contributed by atoms with Crippen LogP contribution in [-0.4, -0.2) is 42.8 Å². The fourth-order valence-corrected chi connectivity index (χ4v) is 2.85. The molecule has 3 N–H and O–H groups in total. The van der Waals surface area contributed by atoms with Crippen LogP contribution in [0, 0.1) is 11.8 Å². The highest BCUT2D eigenvalue weighted by Crippen LogP contribution is 2.09. The number of alkyl carbamates (subject to hydrolysis) is 1. The Morgan fingerprint density at radius 1 is 0.900 bits per heavy atom. The zero-order chi connectivity index (χ0) is 22.5. The molecule has 0 radical (unpaired) electrons. The lowest BCUT2D eigenvalue weighted by Crippen LogP contribution is -2.54. The van der Waals surface area contributed by atoms with Crippen LogP contribution in [0.2, 0.25) is 0 Å². The van der Waals surface area contributed by atoms with E-state index in [2.05, 4.69) is 16.0 Å². The molecule has 0 aliphatic carbocycles. The summed E-state index contributed by atoms with van der Waals surface area (Å²) in [6, 6.07) is 7.58. The molecule has 0 bridgehead atoms. The maximum Gasteiger partial charge on any atom is 0.408 e. The highest BCUT2D eigenvalue weighted by atomic mass is 16.5. The second-order valence-corrected chi connectivity index (χ2v) is 7.99. The Bertz CT molecular complexity index is 691. The van der Waals surface area contributed by atoms with Gasteiger partial charge in [-0.1, -0.05) is 58.0 Å². The van der Waals surface area contributed by atoms with Crippen molar-refractivity contribution in [3.05, 3.63) is 35.9 Å². The summed E-state index contributed by atoms with van der Waals surface area (Å²) >= 11 is 0. The molecule has 3 amide bonds. The van der Waals surface area contributed by atoms with Gasteiger partial charge in [-0.05, 0) is 30.2 Å². The molecule has 1 rings (SSSR count). The van der Waals surface area contributed by atoms with Gasteiger partial charge in [0.2, 0.25) is 11.8 Å². The van der Waals surface area contributed by atoms with E-state index in [-0.39, 0.29) is 25.0 Å². The molecule has 30 heavy (non-hydrogen) atoms. The molecular formula is C22H33N3O5. The average Bonchev–Trinajstić information content (AvgIpc) is 2.69. The molecular weight excluding hydrogens is 386 g/mol. The van der Waals surface area contributed by atoms with Gasteiger partial charge in [0.15, 0.2) is 0 Å². The number of nitrogens with one attached hydrogen (secondary N) is 3. The summed E-state index contributed by atoms with van der Waals surface area (Å²) in [7, 11) is 0. The average molecular weight is 420 g/mol. The summed E-state index contributed by atoms with van der Waals surface area (Å²) in [4.78, 5) is 47.9. The van der Waals surface area contributed by atoms with E-state index >= 15 is 0 Å². The predicted molar refractivity (Wildman–Crippen MR) is 113 cm³/mol. The highest BCUT2D eigenvalue weighted by Gasteiger charge is 2.28. The summed E-state index contributed by atoms with van der Waals surface area (Å²) < 4.78 is 5.21. The molecule has 0 heterocycles. The Kier molecular flexibility index (Phi) is 11.2. The van der Waals surface area contributed by atoms with Crippen molar-refractivity contribution in [2.24, 2.45) is 11.8 Å². The number of amides is 3. The van der Waals surface area contributed by atoms with Crippen molar-refractivity contribution < 1.29 is 23.9 Å². The molecule has 2 atom stereocenters. The minimum Gasteiger partial charge on any atom is -0.445 e. The van der Waals surface area contributed by atoms with E-state index < -0.39 is 30.0 Å². The van der Waals surface area contributed by atoms with Gasteiger partial charge in [-0.25, -0.2) is 4.79 Å². The number of hydrogen-bond donors (Lipinski definition) is 3. The summed E-state index contributed by atoms with van der Waals surface area (Å²) in [6.45, 7) is 7.68. The second-order valence-electron chi connectivity index (χ2n) is 7.99. The first kappa shape index (κ1) is 25.1. The Morgan fingerprint density at radius 2 is 1.47 bits per heavy atom. The lowest BCUT2D eigenvalue weighted by molar-refractivity contribution is -0.130. The molecule has 8 nitrogen and oxygen atoms in total. The molecule has 1 aromatic rings. The third-order valence-corrected chi connectivity index (χ3v) is 4.23. The Balaban J connectivity index is 2.75. The van der Waals surface area contributed by atoms with Crippen molar-refractivity contribution in [2.75, 3.05) is 6.54 Å². The molecule has 0 aromatic heterocycles. The molecule has 0 aliphatic rings. The van der Waals surface area contributed by atoms with Gasteiger partial charge in [0, 0.05) is 0 Å². The van der Waals surface area contributed by atoms with Crippen LogP contribution in [0.3, 0.4) is 0 Å². The zero-order valence-electron chi connectivity index (χ0n) is 18.1. The van der Waals surface area contributed by atoms with E-state index in [1.165, 1.54) is 0 Å². The minimum atomic E-state index is -0.846. The largest absolute Gasteiger partial charge is 0.445 e. The Hall–Kier alpha value is -2.90. The van der Waals surface area contributed by atoms with Crippen LogP contribution in [0.15, 0.2) is 30.3 Å². The first-order chi connectivity index (χ1) is 14.2. The van der Waals surface area contributed by atoms with Crippen LogP contribution in [0.25, 0.3) is 0 Å². The van der Waals surface area contributed by atoms with Crippen molar-refractivity contribution in [3.63, 3.8) is 0 Å². The third kappa shape index (κ3) is 10.0. The van der Waals surface area contributed by atoms with E-state index in [1.807, 2.05) is 58.0 Å². The quantitative estimate of drug-likeness (QED) is 0.449. The van der Waals surface area contributed by atoms with Gasteiger partial charge in [-0.3, -0.25) is 9.59 Å². The first-order valence-electron chi connectivity index (χ1n) is 10.2. The minimum absolute atomic E-state index is 0.0900. The monoisotopic (exact) mass is 419 g/mol. The molecule has 1 aromatic carbocycles. The first-order valence-corrected chi connectivity index (χ1v) is 10.2. The van der Waals surface area contributed by atoms with Crippen molar-refractivity contribution in [1.82, 2.24) is 16.0 Å². The van der Waals surface area contributed by atoms with E-state index in [0.717, 1.165) is 5.56 Å². The second kappa shape index (κ2) is 13.3. The maximum atomic E-state index is 12.8. The highest BCUT2D eigenvalue weighted by molar-refractivity contribution is 5.91. The summed E-state index contributed by atoms with van der Waals surface area (Å²) in [5, 5.41) is 7.77. The van der Waals surface area contributed by atoms with Crippen LogP contribution >= 0.6 is 0 Å². The van der Waals surface area contributed by atoms with Crippen LogP contribution in [-0.2, 0) is 25.7 Å². The third-order valence-electron chi connectivity index (χ3n) is 4.23. The summed E-state index contributed by atoms with van der Waals surface area (Å²) in [5.74, 6) is -0.626. The van der Waals surface area contributed by atoms with Gasteiger partial charge in [-0.2, -0.15) is 0 Å². The number of hydrogen-bond acceptors (Lipinski definition) is 5. The van der Waals surface area contributed by atoms with Crippen molar-refractivity contribution in [2.45, 2.75) is 59.2 Å². The van der Waals surface area contributed by atoms with Gasteiger partial charge in [-0.15, -0.1) is 0 Å². The standard InChI is InChI=1S/C22H33N3O5/c1-15(2)12-18(20(27)23-10-11-26)24-21(28)19(13-16(3)4)25-22(29)30-14-17-8-6-5-7-9-17/h5-9,11,15-16,18-19H,10,12-14H2,1-4H3,(H,23,27)(H,24,28)(H,25,29)/t18?,19-/m0/s1. The number of aldehydes is 1. The van der Waals surface area contributed by atoms with Crippen molar-refractivity contribution in [3.8, 4) is 0 Å². The Labute approximate surface area is 178 Å². The van der Waals surface area contributed by atoms with Gasteiger partial charge in [0.1, 0.15) is 25.0 Å². The number of benzene rings is 1. The Morgan fingerprint density at radius 3 is 2.00 bits per heavy atom. The van der Waals surface area contributed by atoms with E-state index in [1.54, 1.807) is 0 Å². The SMILES string of the molecule is CC(C)CC(NC(=O)[C@H](CC(C)C)NC(=O)OCc1ccccc1)C(=O)NCC=O. The smallest absolute Gasteiger partial charge is 0.408 e. The summed E-state index contributed by atoms with van der Waals surface area (Å²) in [6.07, 6.45) is 0.670. The van der Waals surface area contributed by atoms with E-state index in [9.17, 15) is 19.2 Å². The van der Waals surface area contributed by atoms with Gasteiger partial charge < -0.3 is 25.5 Å². The van der Waals surface area contributed by atoms with Crippen molar-refractivity contribution >= 4 is 24.2 Å². The number of carbonyl (C=O) groups excluding carboxylic acids is 4. The van der Waals surface area contributed by atoms with E-state index in [0.29, 0.717) is 19.1 Å². The maximum absolute atomic E-state index is 12.8. The van der Waals surface area contributed by atoms with Gasteiger partial charge >= 0.3 is 6.09 Å². The van der Waals surface area contributed by atoms with Gasteiger partial charge in [0.25, 0.3) is 0 Å². The van der Waals surface area contributed by atoms with Crippen LogP contribution in [0.4, 0.5) is 4.79 Å². The molecule has 0 saturated carbocycles. The van der Waals surface area contributed by atoms with Gasteiger partial charge in [0.05, 0.1) is 6.54 Å². The van der Waals surface area contributed by atoms with Crippen LogP contribution < -0.4 is 16.0 Å². The lowest BCUT2D eigenvalue weighted by Gasteiger charge is -2.24.